The Bertz CT molecular complexity index is 366. The van der Waals surface area contributed by atoms with Crippen molar-refractivity contribution in [3.05, 3.63) is 31.8 Å². The molecule has 1 heterocycles. The largest absolute Gasteiger partial charge is 0.381 e. The Labute approximate surface area is 118 Å². The van der Waals surface area contributed by atoms with Crippen molar-refractivity contribution in [2.75, 3.05) is 13.2 Å². The lowest BCUT2D eigenvalue weighted by Gasteiger charge is -2.28. The van der Waals surface area contributed by atoms with Crippen molar-refractivity contribution < 1.29 is 4.74 Å². The molecule has 1 aromatic carbocycles. The number of hydrogen-bond acceptors (Lipinski definition) is 2. The third kappa shape index (κ3) is 2.97. The topological polar surface area (TPSA) is 35.2 Å². The number of nitrogens with two attached hydrogens (primary N) is 1. The summed E-state index contributed by atoms with van der Waals surface area (Å²) in [5, 5.41) is 0. The number of hydrogen-bond donors (Lipinski definition) is 1. The molecule has 2 unspecified atom stereocenters. The molecule has 88 valence electrons. The molecule has 1 saturated heterocycles. The van der Waals surface area contributed by atoms with Crippen molar-refractivity contribution in [3.8, 4) is 0 Å². The zero-order valence-corrected chi connectivity index (χ0v) is 12.7. The maximum absolute atomic E-state index is 6.33. The first kappa shape index (κ1) is 12.8. The van der Waals surface area contributed by atoms with Crippen LogP contribution < -0.4 is 5.73 Å². The maximum Gasteiger partial charge on any atom is 0.0512 e. The second-order valence-corrected chi connectivity index (χ2v) is 6.27. The normalized spacial score (nSPS) is 23.1. The van der Waals surface area contributed by atoms with Gasteiger partial charge in [0.2, 0.25) is 0 Å². The van der Waals surface area contributed by atoms with Crippen LogP contribution in [0.25, 0.3) is 0 Å². The molecule has 2 nitrogen and oxygen atoms in total. The maximum atomic E-state index is 6.33. The van der Waals surface area contributed by atoms with Crippen LogP contribution in [0.5, 0.6) is 0 Å². The van der Waals surface area contributed by atoms with Crippen LogP contribution in [0.2, 0.25) is 0 Å². The molecule has 0 amide bonds. The second-order valence-electron chi connectivity index (χ2n) is 4.17. The van der Waals surface area contributed by atoms with E-state index in [1.807, 2.05) is 0 Å². The van der Waals surface area contributed by atoms with E-state index in [2.05, 4.69) is 56.7 Å². The molecule has 1 aromatic rings. The SMILES string of the molecule is NC(c1cc(I)ccc1Br)C1CCCOC1. The minimum atomic E-state index is 0.0735. The van der Waals surface area contributed by atoms with Crippen molar-refractivity contribution in [2.45, 2.75) is 18.9 Å². The summed E-state index contributed by atoms with van der Waals surface area (Å²) >= 11 is 5.89. The number of ether oxygens (including phenoxy) is 1. The van der Waals surface area contributed by atoms with Gasteiger partial charge in [-0.1, -0.05) is 15.9 Å². The van der Waals surface area contributed by atoms with E-state index in [9.17, 15) is 0 Å². The van der Waals surface area contributed by atoms with Crippen molar-refractivity contribution >= 4 is 38.5 Å². The van der Waals surface area contributed by atoms with E-state index in [4.69, 9.17) is 10.5 Å². The van der Waals surface area contributed by atoms with Crippen LogP contribution in [0.4, 0.5) is 0 Å². The Balaban J connectivity index is 2.18. The Morgan fingerprint density at radius 1 is 1.50 bits per heavy atom. The van der Waals surface area contributed by atoms with Crippen molar-refractivity contribution in [2.24, 2.45) is 11.7 Å². The van der Waals surface area contributed by atoms with Crippen LogP contribution in [0, 0.1) is 9.49 Å². The fourth-order valence-electron chi connectivity index (χ4n) is 2.07. The van der Waals surface area contributed by atoms with Crippen LogP contribution >= 0.6 is 38.5 Å². The molecule has 1 aliphatic rings. The molecule has 2 N–H and O–H groups in total. The summed E-state index contributed by atoms with van der Waals surface area (Å²) in [6.45, 7) is 1.68. The van der Waals surface area contributed by atoms with Crippen LogP contribution in [0.15, 0.2) is 22.7 Å². The molecule has 1 aliphatic heterocycles. The van der Waals surface area contributed by atoms with Gasteiger partial charge < -0.3 is 10.5 Å². The summed E-state index contributed by atoms with van der Waals surface area (Å²) in [5.74, 6) is 0.447. The van der Waals surface area contributed by atoms with E-state index < -0.39 is 0 Å². The second kappa shape index (κ2) is 5.80. The van der Waals surface area contributed by atoms with Gasteiger partial charge >= 0.3 is 0 Å². The highest BCUT2D eigenvalue weighted by molar-refractivity contribution is 14.1. The first-order chi connectivity index (χ1) is 7.68. The third-order valence-electron chi connectivity index (χ3n) is 3.02. The van der Waals surface area contributed by atoms with Gasteiger partial charge in [-0.25, -0.2) is 0 Å². The van der Waals surface area contributed by atoms with Gasteiger partial charge in [0.1, 0.15) is 0 Å². The van der Waals surface area contributed by atoms with Gasteiger partial charge in [-0.2, -0.15) is 0 Å². The fraction of sp³-hybridized carbons (Fsp3) is 0.500. The number of rotatable bonds is 2. The molecular formula is C12H15BrINO. The van der Waals surface area contributed by atoms with E-state index >= 15 is 0 Å². The molecule has 4 heteroatoms. The summed E-state index contributed by atoms with van der Waals surface area (Å²) in [4.78, 5) is 0. The minimum Gasteiger partial charge on any atom is -0.381 e. The van der Waals surface area contributed by atoms with Gasteiger partial charge in [-0.05, 0) is 59.2 Å². The summed E-state index contributed by atoms with van der Waals surface area (Å²) < 4.78 is 7.83. The summed E-state index contributed by atoms with van der Waals surface area (Å²) in [7, 11) is 0. The molecule has 0 radical (unpaired) electrons. The standard InChI is InChI=1S/C12H15BrINO/c13-11-4-3-9(14)6-10(11)12(15)8-2-1-5-16-7-8/h3-4,6,8,12H,1-2,5,7,15H2. The lowest BCUT2D eigenvalue weighted by molar-refractivity contribution is 0.0447. The number of halogens is 2. The van der Waals surface area contributed by atoms with Gasteiger partial charge in [0.05, 0.1) is 6.61 Å². The van der Waals surface area contributed by atoms with E-state index in [0.717, 1.165) is 24.1 Å². The molecule has 2 rings (SSSR count). The van der Waals surface area contributed by atoms with E-state index in [-0.39, 0.29) is 6.04 Å². The lowest BCUT2D eigenvalue weighted by Crippen LogP contribution is -2.29. The van der Waals surface area contributed by atoms with Gasteiger partial charge in [-0.15, -0.1) is 0 Å². The van der Waals surface area contributed by atoms with Crippen LogP contribution in [-0.2, 0) is 4.74 Å². The Morgan fingerprint density at radius 2 is 2.31 bits per heavy atom. The first-order valence-electron chi connectivity index (χ1n) is 5.47. The predicted molar refractivity (Wildman–Crippen MR) is 77.3 cm³/mol. The monoisotopic (exact) mass is 395 g/mol. The Morgan fingerprint density at radius 3 is 3.00 bits per heavy atom. The molecule has 0 saturated carbocycles. The zero-order chi connectivity index (χ0) is 11.5. The highest BCUT2D eigenvalue weighted by Crippen LogP contribution is 2.32. The summed E-state index contributed by atoms with van der Waals surface area (Å²) in [5.41, 5.74) is 7.52. The molecule has 2 atom stereocenters. The molecular weight excluding hydrogens is 381 g/mol. The third-order valence-corrected chi connectivity index (χ3v) is 4.41. The Hall–Kier alpha value is 0.350. The average molecular weight is 396 g/mol. The molecule has 0 spiro atoms. The van der Waals surface area contributed by atoms with Gasteiger partial charge in [0, 0.05) is 26.6 Å². The van der Waals surface area contributed by atoms with Gasteiger partial charge in [0.15, 0.2) is 0 Å². The average Bonchev–Trinajstić information content (AvgIpc) is 2.32. The zero-order valence-electron chi connectivity index (χ0n) is 8.96. The Kier molecular flexibility index (Phi) is 4.64. The van der Waals surface area contributed by atoms with Gasteiger partial charge in [-0.3, -0.25) is 0 Å². The van der Waals surface area contributed by atoms with Crippen LogP contribution in [0.1, 0.15) is 24.4 Å². The molecule has 0 aromatic heterocycles. The fourth-order valence-corrected chi connectivity index (χ4v) is 3.10. The number of benzene rings is 1. The molecule has 0 aliphatic carbocycles. The predicted octanol–water partition coefficient (Wildman–Crippen LogP) is 3.48. The highest BCUT2D eigenvalue weighted by Gasteiger charge is 2.23. The first-order valence-corrected chi connectivity index (χ1v) is 7.34. The quantitative estimate of drug-likeness (QED) is 0.778. The minimum absolute atomic E-state index is 0.0735. The lowest BCUT2D eigenvalue weighted by atomic mass is 9.89. The smallest absolute Gasteiger partial charge is 0.0512 e. The van der Waals surface area contributed by atoms with Crippen LogP contribution in [0.3, 0.4) is 0 Å². The summed E-state index contributed by atoms with van der Waals surface area (Å²) in [6, 6.07) is 6.38. The molecule has 1 fully saturated rings. The van der Waals surface area contributed by atoms with Crippen LogP contribution in [-0.4, -0.2) is 13.2 Å². The van der Waals surface area contributed by atoms with Gasteiger partial charge in [0.25, 0.3) is 0 Å². The molecule has 16 heavy (non-hydrogen) atoms. The van der Waals surface area contributed by atoms with E-state index in [0.29, 0.717) is 5.92 Å². The van der Waals surface area contributed by atoms with E-state index in [1.165, 1.54) is 15.6 Å². The van der Waals surface area contributed by atoms with E-state index in [1.54, 1.807) is 0 Å². The molecule has 0 bridgehead atoms. The van der Waals surface area contributed by atoms with Crippen molar-refractivity contribution in [1.29, 1.82) is 0 Å². The summed E-state index contributed by atoms with van der Waals surface area (Å²) in [6.07, 6.45) is 2.29. The van der Waals surface area contributed by atoms with Crippen molar-refractivity contribution in [3.63, 3.8) is 0 Å². The van der Waals surface area contributed by atoms with Crippen molar-refractivity contribution in [1.82, 2.24) is 0 Å². The highest BCUT2D eigenvalue weighted by atomic mass is 127.